The minimum absolute atomic E-state index is 0.179. The maximum absolute atomic E-state index is 14.5. The van der Waals surface area contributed by atoms with Crippen molar-refractivity contribution in [2.75, 3.05) is 13.2 Å². The van der Waals surface area contributed by atoms with E-state index >= 15 is 0 Å². The van der Waals surface area contributed by atoms with Gasteiger partial charge in [-0.3, -0.25) is 8.80 Å². The summed E-state index contributed by atoms with van der Waals surface area (Å²) in [5.41, 5.74) is 6.52. The van der Waals surface area contributed by atoms with Gasteiger partial charge in [-0.1, -0.05) is 6.08 Å². The molecule has 0 unspecified atom stereocenters. The van der Waals surface area contributed by atoms with Gasteiger partial charge in [0.2, 0.25) is 0 Å². The van der Waals surface area contributed by atoms with Crippen LogP contribution < -0.4 is 9.47 Å². The van der Waals surface area contributed by atoms with Crippen molar-refractivity contribution in [1.82, 2.24) is 39.2 Å². The maximum atomic E-state index is 14.5. The third-order valence-corrected chi connectivity index (χ3v) is 14.7. The summed E-state index contributed by atoms with van der Waals surface area (Å²) < 4.78 is 68.8. The highest BCUT2D eigenvalue weighted by molar-refractivity contribution is 9.10. The zero-order valence-electron chi connectivity index (χ0n) is 43.6. The standard InChI is InChI=1S/C24H27FN4O2.C15H27BO3.C15H12BrFN4O/c1-23(2)11-15(12-24(3,4)31-23)18-13-26-21(29-14-27-28-22(18)29)8-5-16-17-9-10-30-20(17)7-6-19(16)25;1-12(2)9-11(10-13(3,4)17-12)16-18-14(5,6)15(7,8)19-16;16-11-7-18-14(21-8-19-20-15(11)21)4-1-9-10-5-6-22-13(10)3-2-12(9)17/h6-7,11,13-14H,5,8-10,12H2,1-4H3;9H,10H2,1-8H3;2-3,7-8H,1,4-6H2. The first kappa shape index (κ1) is 51.8. The van der Waals surface area contributed by atoms with Crippen molar-refractivity contribution in [1.29, 1.82) is 0 Å². The van der Waals surface area contributed by atoms with Crippen LogP contribution in [0.2, 0.25) is 0 Å². The first-order valence-electron chi connectivity index (χ1n) is 24.9. The Morgan fingerprint density at radius 2 is 1.10 bits per heavy atom. The van der Waals surface area contributed by atoms with Gasteiger partial charge in [0.05, 0.1) is 51.3 Å². The second-order valence-electron chi connectivity index (χ2n) is 22.6. The van der Waals surface area contributed by atoms with E-state index in [-0.39, 0.29) is 52.4 Å². The summed E-state index contributed by atoms with van der Waals surface area (Å²) in [4.78, 5) is 9.13. The summed E-state index contributed by atoms with van der Waals surface area (Å²) in [5, 5.41) is 16.5. The lowest BCUT2D eigenvalue weighted by molar-refractivity contribution is -0.105. The van der Waals surface area contributed by atoms with Crippen molar-refractivity contribution in [2.24, 2.45) is 0 Å². The molecule has 0 bridgehead atoms. The number of halogens is 3. The third-order valence-electron chi connectivity index (χ3n) is 14.1. The molecule has 14 nitrogen and oxygen atoms in total. The SMILES string of the molecule is CC1(C)C=C(B2OC(C)(C)C(C)(C)O2)CC(C)(C)O1.CC1(C)C=C(c2cnc(CCc3c(F)ccc4c3CCO4)n3cnnc23)CC(C)(C)O1.Fc1ccc2c(c1CCc1ncc(Br)c3nncn13)CCO2. The molecule has 0 spiro atoms. The summed E-state index contributed by atoms with van der Waals surface area (Å²) in [6.07, 6.45) is 16.6. The number of aromatic nitrogens is 8. The molecule has 0 N–H and O–H groups in total. The van der Waals surface area contributed by atoms with Crippen LogP contribution in [0.3, 0.4) is 0 Å². The van der Waals surface area contributed by atoms with Crippen LogP contribution in [-0.2, 0) is 57.3 Å². The first-order chi connectivity index (χ1) is 33.8. The molecule has 6 aromatic rings. The van der Waals surface area contributed by atoms with Crippen molar-refractivity contribution in [2.45, 2.75) is 168 Å². The van der Waals surface area contributed by atoms with Crippen molar-refractivity contribution < 1.29 is 37.0 Å². The molecule has 4 aromatic heterocycles. The second kappa shape index (κ2) is 19.3. The zero-order valence-corrected chi connectivity index (χ0v) is 45.2. The molecule has 0 atom stereocenters. The third kappa shape index (κ3) is 10.9. The van der Waals surface area contributed by atoms with Crippen molar-refractivity contribution >= 4 is 39.9 Å². The van der Waals surface area contributed by atoms with Gasteiger partial charge in [-0.15, -0.1) is 20.4 Å². The van der Waals surface area contributed by atoms with E-state index in [2.05, 4.69) is 137 Å². The number of hydrogen-bond acceptors (Lipinski definition) is 12. The van der Waals surface area contributed by atoms with Gasteiger partial charge in [0.1, 0.15) is 47.4 Å². The molecule has 5 aliphatic heterocycles. The molecule has 18 heteroatoms. The molecular weight excluding hydrogens is 985 g/mol. The highest BCUT2D eigenvalue weighted by Crippen LogP contribution is 2.44. The van der Waals surface area contributed by atoms with Gasteiger partial charge in [-0.05, 0) is 171 Å². The highest BCUT2D eigenvalue weighted by Gasteiger charge is 2.54. The number of ether oxygens (including phenoxy) is 4. The second-order valence-corrected chi connectivity index (χ2v) is 23.5. The Kier molecular flexibility index (Phi) is 13.9. The topological polar surface area (TPSA) is 142 Å². The first-order valence-corrected chi connectivity index (χ1v) is 25.7. The maximum Gasteiger partial charge on any atom is 0.490 e. The summed E-state index contributed by atoms with van der Waals surface area (Å²) in [6, 6.07) is 6.39. The molecule has 382 valence electrons. The van der Waals surface area contributed by atoms with Crippen LogP contribution in [-0.4, -0.2) is 93.1 Å². The van der Waals surface area contributed by atoms with Crippen molar-refractivity contribution in [3.05, 3.63) is 123 Å². The van der Waals surface area contributed by atoms with Gasteiger partial charge in [0.25, 0.3) is 0 Å². The summed E-state index contributed by atoms with van der Waals surface area (Å²) in [5.74, 6) is 2.85. The van der Waals surface area contributed by atoms with Gasteiger partial charge >= 0.3 is 7.12 Å². The van der Waals surface area contributed by atoms with Crippen molar-refractivity contribution in [3.8, 4) is 11.5 Å². The highest BCUT2D eigenvalue weighted by atomic mass is 79.9. The van der Waals surface area contributed by atoms with Crippen molar-refractivity contribution in [3.63, 3.8) is 0 Å². The fourth-order valence-electron chi connectivity index (χ4n) is 10.7. The predicted molar refractivity (Wildman–Crippen MR) is 275 cm³/mol. The summed E-state index contributed by atoms with van der Waals surface area (Å²) >= 11 is 3.40. The van der Waals surface area contributed by atoms with Gasteiger partial charge in [0, 0.05) is 61.2 Å². The number of fused-ring (bicyclic) bond motifs is 4. The number of aryl methyl sites for hydroxylation is 2. The molecule has 0 radical (unpaired) electrons. The molecule has 0 saturated carbocycles. The van der Waals surface area contributed by atoms with E-state index < -0.39 is 0 Å². The number of nitrogens with zero attached hydrogens (tertiary/aromatic N) is 8. The minimum Gasteiger partial charge on any atom is -0.493 e. The average Bonchev–Trinajstić information content (AvgIpc) is 4.13. The van der Waals surface area contributed by atoms with E-state index in [0.717, 1.165) is 92.3 Å². The lowest BCUT2D eigenvalue weighted by Crippen LogP contribution is -2.43. The monoisotopic (exact) mass is 1050 g/mol. The zero-order chi connectivity index (χ0) is 51.6. The van der Waals surface area contributed by atoms with E-state index in [0.29, 0.717) is 44.5 Å². The summed E-state index contributed by atoms with van der Waals surface area (Å²) in [6.45, 7) is 26.3. The Bertz CT molecular complexity index is 3080. The Hall–Kier alpha value is -5.14. The molecule has 1 fully saturated rings. The molecule has 0 amide bonds. The van der Waals surface area contributed by atoms with E-state index in [4.69, 9.17) is 33.2 Å². The van der Waals surface area contributed by atoms with Crippen LogP contribution in [0.5, 0.6) is 11.5 Å². The van der Waals surface area contributed by atoms with Gasteiger partial charge < -0.3 is 28.3 Å². The molecule has 11 rings (SSSR count). The molecular formula is C54H66BBrF2N8O6. The fraction of sp³-hybridized carbons (Fsp3) is 0.519. The quantitative estimate of drug-likeness (QED) is 0.134. The predicted octanol–water partition coefficient (Wildman–Crippen LogP) is 10.6. The lowest BCUT2D eigenvalue weighted by atomic mass is 9.69. The molecule has 2 aromatic carbocycles. The lowest BCUT2D eigenvalue weighted by Gasteiger charge is -2.40. The van der Waals surface area contributed by atoms with E-state index in [1.54, 1.807) is 31.0 Å². The number of rotatable bonds is 8. The molecule has 72 heavy (non-hydrogen) atoms. The van der Waals surface area contributed by atoms with Gasteiger partial charge in [-0.2, -0.15) is 0 Å². The smallest absolute Gasteiger partial charge is 0.490 e. The van der Waals surface area contributed by atoms with E-state index in [9.17, 15) is 8.78 Å². The van der Waals surface area contributed by atoms with Crippen LogP contribution in [0.25, 0.3) is 16.9 Å². The molecule has 9 heterocycles. The minimum atomic E-state index is -0.375. The Balaban J connectivity index is 0.000000138. The van der Waals surface area contributed by atoms with Gasteiger partial charge in [0.15, 0.2) is 11.3 Å². The largest absolute Gasteiger partial charge is 0.493 e. The number of benzene rings is 2. The Morgan fingerprint density at radius 3 is 1.62 bits per heavy atom. The van der Waals surface area contributed by atoms with Crippen LogP contribution >= 0.6 is 15.9 Å². The average molecular weight is 1050 g/mol. The normalized spacial score (nSPS) is 20.6. The van der Waals surface area contributed by atoms with Gasteiger partial charge in [-0.25, -0.2) is 18.7 Å². The van der Waals surface area contributed by atoms with Crippen LogP contribution in [0.4, 0.5) is 8.78 Å². The van der Waals surface area contributed by atoms with Crippen LogP contribution in [0.15, 0.2) is 71.4 Å². The summed E-state index contributed by atoms with van der Waals surface area (Å²) in [7, 11) is -0.257. The Labute approximate surface area is 429 Å². The van der Waals surface area contributed by atoms with E-state index in [1.807, 2.05) is 15.0 Å². The Morgan fingerprint density at radius 1 is 0.611 bits per heavy atom. The van der Waals surface area contributed by atoms with Crippen LogP contribution in [0.1, 0.15) is 135 Å². The molecule has 5 aliphatic rings. The molecule has 0 aliphatic carbocycles. The molecule has 1 saturated heterocycles. The van der Waals surface area contributed by atoms with Crippen LogP contribution in [0, 0.1) is 11.6 Å². The van der Waals surface area contributed by atoms with E-state index in [1.165, 1.54) is 17.6 Å². The number of hydrogen-bond donors (Lipinski definition) is 0. The fourth-order valence-corrected chi connectivity index (χ4v) is 11.1.